The third kappa shape index (κ3) is 3.76. The number of nitrogens with zero attached hydrogens (tertiary/aromatic N) is 2. The number of rotatable bonds is 8. The molecule has 0 radical (unpaired) electrons. The molecule has 0 amide bonds. The predicted octanol–water partition coefficient (Wildman–Crippen LogP) is 2.12. The van der Waals surface area contributed by atoms with Gasteiger partial charge in [0.15, 0.2) is 0 Å². The van der Waals surface area contributed by atoms with Crippen LogP contribution in [0.25, 0.3) is 0 Å². The Bertz CT molecular complexity index is 578. The molecule has 0 saturated carbocycles. The molecule has 0 saturated heterocycles. The maximum Gasteiger partial charge on any atom is 0.133 e. The van der Waals surface area contributed by atoms with E-state index < -0.39 is 6.10 Å². The van der Waals surface area contributed by atoms with E-state index in [4.69, 9.17) is 9.15 Å². The molecule has 0 aromatic carbocycles. The lowest BCUT2D eigenvalue weighted by molar-refractivity contribution is 0.144. The van der Waals surface area contributed by atoms with Crippen molar-refractivity contribution in [2.45, 2.75) is 39.5 Å². The largest absolute Gasteiger partial charge is 0.467 e. The van der Waals surface area contributed by atoms with Crippen LogP contribution < -0.4 is 5.32 Å². The highest BCUT2D eigenvalue weighted by atomic mass is 16.5. The molecule has 0 aliphatic rings. The number of nitrogens with one attached hydrogen (secondary N) is 1. The van der Waals surface area contributed by atoms with E-state index >= 15 is 0 Å². The third-order valence-corrected chi connectivity index (χ3v) is 3.87. The zero-order valence-electron chi connectivity index (χ0n) is 13.7. The number of hydrogen-bond donors (Lipinski definition) is 2. The maximum absolute atomic E-state index is 10.1. The van der Waals surface area contributed by atoms with Crippen LogP contribution in [-0.4, -0.2) is 35.1 Å². The number of aliphatic hydroxyl groups is 1. The Balaban J connectivity index is 2.00. The van der Waals surface area contributed by atoms with Crippen LogP contribution in [0.3, 0.4) is 0 Å². The smallest absolute Gasteiger partial charge is 0.133 e. The Morgan fingerprint density at radius 2 is 2.23 bits per heavy atom. The molecule has 2 aromatic rings. The Morgan fingerprint density at radius 3 is 2.86 bits per heavy atom. The minimum absolute atomic E-state index is 0.0981. The average Bonchev–Trinajstić information content (AvgIpc) is 3.11. The van der Waals surface area contributed by atoms with Crippen molar-refractivity contribution in [2.24, 2.45) is 0 Å². The van der Waals surface area contributed by atoms with E-state index in [9.17, 15) is 5.11 Å². The highest BCUT2D eigenvalue weighted by Gasteiger charge is 2.19. The molecule has 0 spiro atoms. The van der Waals surface area contributed by atoms with E-state index in [2.05, 4.69) is 24.3 Å². The van der Waals surface area contributed by atoms with Crippen LogP contribution in [0.4, 0.5) is 0 Å². The fourth-order valence-electron chi connectivity index (χ4n) is 2.70. The van der Waals surface area contributed by atoms with Crippen LogP contribution in [0.5, 0.6) is 0 Å². The summed E-state index contributed by atoms with van der Waals surface area (Å²) >= 11 is 0. The molecule has 122 valence electrons. The van der Waals surface area contributed by atoms with E-state index in [1.807, 2.05) is 11.6 Å². The molecule has 0 fully saturated rings. The number of methoxy groups -OCH3 is 1. The first-order chi connectivity index (χ1) is 10.5. The SMILES string of the molecule is COCCn1nc(C)c(C(C)NCC(O)c2ccco2)c1C. The molecule has 22 heavy (non-hydrogen) atoms. The van der Waals surface area contributed by atoms with E-state index in [0.29, 0.717) is 18.9 Å². The number of aryl methyl sites for hydroxylation is 1. The summed E-state index contributed by atoms with van der Waals surface area (Å²) < 4.78 is 12.3. The van der Waals surface area contributed by atoms with Gasteiger partial charge in [-0.1, -0.05) is 0 Å². The van der Waals surface area contributed by atoms with Gasteiger partial charge in [-0.05, 0) is 32.9 Å². The first kappa shape index (κ1) is 16.7. The van der Waals surface area contributed by atoms with Crippen molar-refractivity contribution in [1.82, 2.24) is 15.1 Å². The molecular weight excluding hydrogens is 282 g/mol. The number of hydrogen-bond acceptors (Lipinski definition) is 5. The minimum Gasteiger partial charge on any atom is -0.467 e. The quantitative estimate of drug-likeness (QED) is 0.781. The summed E-state index contributed by atoms with van der Waals surface area (Å²) in [4.78, 5) is 0. The zero-order chi connectivity index (χ0) is 16.1. The number of aromatic nitrogens is 2. The van der Waals surface area contributed by atoms with Gasteiger partial charge >= 0.3 is 0 Å². The van der Waals surface area contributed by atoms with Gasteiger partial charge < -0.3 is 19.6 Å². The molecule has 0 bridgehead atoms. The molecular formula is C16H25N3O3. The van der Waals surface area contributed by atoms with Gasteiger partial charge in [0.2, 0.25) is 0 Å². The highest BCUT2D eigenvalue weighted by molar-refractivity contribution is 5.27. The topological polar surface area (TPSA) is 72.5 Å². The molecule has 6 nitrogen and oxygen atoms in total. The predicted molar refractivity (Wildman–Crippen MR) is 83.7 cm³/mol. The number of ether oxygens (including phenoxy) is 1. The molecule has 2 atom stereocenters. The lowest BCUT2D eigenvalue weighted by Gasteiger charge is -2.17. The fraction of sp³-hybridized carbons (Fsp3) is 0.562. The lowest BCUT2D eigenvalue weighted by Crippen LogP contribution is -2.25. The first-order valence-electron chi connectivity index (χ1n) is 7.52. The van der Waals surface area contributed by atoms with Gasteiger partial charge in [-0.3, -0.25) is 4.68 Å². The molecule has 2 heterocycles. The van der Waals surface area contributed by atoms with E-state index in [-0.39, 0.29) is 6.04 Å². The summed E-state index contributed by atoms with van der Waals surface area (Å²) in [6.07, 6.45) is 0.914. The van der Waals surface area contributed by atoms with Gasteiger partial charge in [0.25, 0.3) is 0 Å². The average molecular weight is 307 g/mol. The number of furan rings is 1. The van der Waals surface area contributed by atoms with Gasteiger partial charge in [0.1, 0.15) is 11.9 Å². The maximum atomic E-state index is 10.1. The van der Waals surface area contributed by atoms with Crippen LogP contribution in [0.1, 0.15) is 41.8 Å². The summed E-state index contributed by atoms with van der Waals surface area (Å²) in [6.45, 7) is 7.95. The Hall–Kier alpha value is -1.63. The molecule has 2 rings (SSSR count). The molecule has 2 unspecified atom stereocenters. The monoisotopic (exact) mass is 307 g/mol. The van der Waals surface area contributed by atoms with Crippen molar-refractivity contribution in [2.75, 3.05) is 20.3 Å². The summed E-state index contributed by atoms with van der Waals surface area (Å²) in [5, 5.41) is 18.0. The zero-order valence-corrected chi connectivity index (χ0v) is 13.7. The second-order valence-electron chi connectivity index (χ2n) is 5.46. The van der Waals surface area contributed by atoms with Gasteiger partial charge in [-0.15, -0.1) is 0 Å². The molecule has 0 aliphatic heterocycles. The van der Waals surface area contributed by atoms with Gasteiger partial charge in [-0.2, -0.15) is 5.10 Å². The summed E-state index contributed by atoms with van der Waals surface area (Å²) in [5.74, 6) is 0.573. The Morgan fingerprint density at radius 1 is 1.45 bits per heavy atom. The second kappa shape index (κ2) is 7.58. The van der Waals surface area contributed by atoms with Crippen LogP contribution >= 0.6 is 0 Å². The lowest BCUT2D eigenvalue weighted by atomic mass is 10.1. The minimum atomic E-state index is -0.651. The summed E-state index contributed by atoms with van der Waals surface area (Å²) in [6, 6.07) is 3.65. The van der Waals surface area contributed by atoms with Gasteiger partial charge in [0, 0.05) is 31.0 Å². The van der Waals surface area contributed by atoms with Crippen LogP contribution in [0.15, 0.2) is 22.8 Å². The summed E-state index contributed by atoms with van der Waals surface area (Å²) in [5.41, 5.74) is 3.30. The van der Waals surface area contributed by atoms with Crippen molar-refractivity contribution < 1.29 is 14.3 Å². The van der Waals surface area contributed by atoms with E-state index in [1.165, 1.54) is 5.56 Å². The Kier molecular flexibility index (Phi) is 5.76. The normalized spacial score (nSPS) is 14.2. The van der Waals surface area contributed by atoms with Crippen molar-refractivity contribution in [3.05, 3.63) is 41.1 Å². The van der Waals surface area contributed by atoms with Crippen LogP contribution in [0, 0.1) is 13.8 Å². The van der Waals surface area contributed by atoms with Crippen molar-refractivity contribution in [1.29, 1.82) is 0 Å². The van der Waals surface area contributed by atoms with Gasteiger partial charge in [-0.25, -0.2) is 0 Å². The highest BCUT2D eigenvalue weighted by Crippen LogP contribution is 2.22. The Labute approximate surface area is 131 Å². The third-order valence-electron chi connectivity index (χ3n) is 3.87. The van der Waals surface area contributed by atoms with Crippen molar-refractivity contribution in [3.8, 4) is 0 Å². The molecule has 2 N–H and O–H groups in total. The first-order valence-corrected chi connectivity index (χ1v) is 7.52. The van der Waals surface area contributed by atoms with Crippen LogP contribution in [0.2, 0.25) is 0 Å². The van der Waals surface area contributed by atoms with E-state index in [0.717, 1.165) is 17.9 Å². The van der Waals surface area contributed by atoms with Crippen LogP contribution in [-0.2, 0) is 11.3 Å². The molecule has 2 aromatic heterocycles. The summed E-state index contributed by atoms with van der Waals surface area (Å²) in [7, 11) is 1.69. The molecule has 6 heteroatoms. The van der Waals surface area contributed by atoms with Gasteiger partial charge in [0.05, 0.1) is 25.1 Å². The standard InChI is InChI=1S/C16H25N3O3/c1-11(17-10-14(20)15-6-5-8-22-15)16-12(2)18-19(13(16)3)7-9-21-4/h5-6,8,11,14,17,20H,7,9-10H2,1-4H3. The fourth-order valence-corrected chi connectivity index (χ4v) is 2.70. The second-order valence-corrected chi connectivity index (χ2v) is 5.46. The van der Waals surface area contributed by atoms with Crippen molar-refractivity contribution >= 4 is 0 Å². The number of aliphatic hydroxyl groups excluding tert-OH is 1. The van der Waals surface area contributed by atoms with E-state index in [1.54, 1.807) is 25.5 Å². The van der Waals surface area contributed by atoms with Crippen molar-refractivity contribution in [3.63, 3.8) is 0 Å². The molecule has 0 aliphatic carbocycles.